The van der Waals surface area contributed by atoms with E-state index in [9.17, 15) is 4.79 Å². The van der Waals surface area contributed by atoms with Crippen LogP contribution < -0.4 is 5.32 Å². The van der Waals surface area contributed by atoms with E-state index in [-0.39, 0.29) is 36.6 Å². The fourth-order valence-electron chi connectivity index (χ4n) is 3.00. The SMILES string of the molecule is Cc1nn(C)c(C)c1CC(C)C(=O)N(C)C1CCNC1.Cl.Cl. The molecule has 2 atom stereocenters. The summed E-state index contributed by atoms with van der Waals surface area (Å²) in [6.07, 6.45) is 1.83. The number of nitrogens with one attached hydrogen (secondary N) is 1. The summed E-state index contributed by atoms with van der Waals surface area (Å²) < 4.78 is 1.90. The van der Waals surface area contributed by atoms with Crippen LogP contribution in [0.3, 0.4) is 0 Å². The summed E-state index contributed by atoms with van der Waals surface area (Å²) in [6, 6.07) is 0.348. The molecule has 22 heavy (non-hydrogen) atoms. The van der Waals surface area contributed by atoms with Crippen LogP contribution >= 0.6 is 24.8 Å². The number of aryl methyl sites for hydroxylation is 2. The van der Waals surface area contributed by atoms with Crippen molar-refractivity contribution in [2.75, 3.05) is 20.1 Å². The molecule has 2 rings (SSSR count). The van der Waals surface area contributed by atoms with Gasteiger partial charge in [0.25, 0.3) is 0 Å². The molecule has 1 aromatic rings. The molecule has 2 unspecified atom stereocenters. The summed E-state index contributed by atoms with van der Waals surface area (Å²) in [5.41, 5.74) is 3.41. The number of aromatic nitrogens is 2. The van der Waals surface area contributed by atoms with E-state index in [0.29, 0.717) is 6.04 Å². The van der Waals surface area contributed by atoms with Gasteiger partial charge in [0.15, 0.2) is 0 Å². The predicted octanol–water partition coefficient (Wildman–Crippen LogP) is 1.88. The van der Waals surface area contributed by atoms with Crippen molar-refractivity contribution >= 4 is 30.7 Å². The molecule has 1 fully saturated rings. The van der Waals surface area contributed by atoms with E-state index in [2.05, 4.69) is 17.3 Å². The van der Waals surface area contributed by atoms with Gasteiger partial charge in [-0.25, -0.2) is 0 Å². The van der Waals surface area contributed by atoms with Gasteiger partial charge in [0.2, 0.25) is 5.91 Å². The van der Waals surface area contributed by atoms with Gasteiger partial charge in [-0.3, -0.25) is 9.48 Å². The van der Waals surface area contributed by atoms with Crippen molar-refractivity contribution < 1.29 is 4.79 Å². The van der Waals surface area contributed by atoms with Crippen LogP contribution in [0.1, 0.15) is 30.3 Å². The highest BCUT2D eigenvalue weighted by Crippen LogP contribution is 2.19. The van der Waals surface area contributed by atoms with E-state index in [1.165, 1.54) is 5.56 Å². The summed E-state index contributed by atoms with van der Waals surface area (Å²) in [4.78, 5) is 14.5. The van der Waals surface area contributed by atoms with Gasteiger partial charge in [0.05, 0.1) is 5.69 Å². The summed E-state index contributed by atoms with van der Waals surface area (Å²) in [5, 5.41) is 7.74. The zero-order valence-corrected chi connectivity index (χ0v) is 15.7. The molecule has 1 saturated heterocycles. The van der Waals surface area contributed by atoms with E-state index < -0.39 is 0 Å². The normalized spacial score (nSPS) is 18.3. The molecular formula is C15H28Cl2N4O. The Hall–Kier alpha value is -0.780. The van der Waals surface area contributed by atoms with Gasteiger partial charge in [0.1, 0.15) is 0 Å². The van der Waals surface area contributed by atoms with Gasteiger partial charge in [0, 0.05) is 38.3 Å². The monoisotopic (exact) mass is 350 g/mol. The largest absolute Gasteiger partial charge is 0.341 e. The van der Waals surface area contributed by atoms with Gasteiger partial charge >= 0.3 is 0 Å². The lowest BCUT2D eigenvalue weighted by Gasteiger charge is -2.27. The van der Waals surface area contributed by atoms with Gasteiger partial charge in [-0.2, -0.15) is 5.10 Å². The molecule has 0 spiro atoms. The van der Waals surface area contributed by atoms with E-state index >= 15 is 0 Å². The van der Waals surface area contributed by atoms with Crippen LogP contribution in [0, 0.1) is 19.8 Å². The van der Waals surface area contributed by atoms with Crippen molar-refractivity contribution in [3.8, 4) is 0 Å². The first-order valence-corrected chi connectivity index (χ1v) is 7.38. The Kier molecular flexibility index (Phi) is 8.44. The first-order chi connectivity index (χ1) is 9.41. The Bertz CT molecular complexity index is 498. The summed E-state index contributed by atoms with van der Waals surface area (Å²) in [6.45, 7) is 8.03. The molecule has 2 heterocycles. The molecule has 5 nitrogen and oxygen atoms in total. The highest BCUT2D eigenvalue weighted by molar-refractivity contribution is 5.85. The number of rotatable bonds is 4. The zero-order chi connectivity index (χ0) is 14.9. The zero-order valence-electron chi connectivity index (χ0n) is 14.0. The molecule has 0 aromatic carbocycles. The van der Waals surface area contributed by atoms with E-state index in [1.807, 2.05) is 37.5 Å². The van der Waals surface area contributed by atoms with Crippen LogP contribution in [0.5, 0.6) is 0 Å². The van der Waals surface area contributed by atoms with Crippen molar-refractivity contribution in [3.63, 3.8) is 0 Å². The average Bonchev–Trinajstić information content (AvgIpc) is 3.02. The van der Waals surface area contributed by atoms with Gasteiger partial charge in [-0.1, -0.05) is 6.92 Å². The molecular weight excluding hydrogens is 323 g/mol. The second-order valence-corrected chi connectivity index (χ2v) is 5.97. The van der Waals surface area contributed by atoms with Crippen molar-refractivity contribution in [1.82, 2.24) is 20.0 Å². The first kappa shape index (κ1) is 21.2. The molecule has 0 bridgehead atoms. The standard InChI is InChI=1S/C15H26N4O.2ClH/c1-10(8-14-11(2)17-19(5)12(14)3)15(20)18(4)13-6-7-16-9-13;;/h10,13,16H,6-9H2,1-5H3;2*1H. The van der Waals surface area contributed by atoms with Gasteiger partial charge < -0.3 is 10.2 Å². The maximum atomic E-state index is 12.5. The third kappa shape index (κ3) is 4.37. The van der Waals surface area contributed by atoms with Crippen LogP contribution in [-0.2, 0) is 18.3 Å². The van der Waals surface area contributed by atoms with Crippen LogP contribution in [0.4, 0.5) is 0 Å². The lowest BCUT2D eigenvalue weighted by Crippen LogP contribution is -2.41. The van der Waals surface area contributed by atoms with E-state index in [1.54, 1.807) is 0 Å². The lowest BCUT2D eigenvalue weighted by molar-refractivity contribution is -0.135. The molecule has 0 aliphatic carbocycles. The molecule has 0 saturated carbocycles. The Morgan fingerprint density at radius 2 is 2.09 bits per heavy atom. The Morgan fingerprint density at radius 3 is 2.55 bits per heavy atom. The maximum Gasteiger partial charge on any atom is 0.225 e. The van der Waals surface area contributed by atoms with Gasteiger partial charge in [-0.05, 0) is 38.8 Å². The van der Waals surface area contributed by atoms with Crippen LogP contribution in [-0.4, -0.2) is 46.8 Å². The smallest absolute Gasteiger partial charge is 0.225 e. The van der Waals surface area contributed by atoms with Crippen LogP contribution in [0.2, 0.25) is 0 Å². The number of amides is 1. The molecule has 1 aliphatic heterocycles. The van der Waals surface area contributed by atoms with Gasteiger partial charge in [-0.15, -0.1) is 24.8 Å². The molecule has 7 heteroatoms. The highest BCUT2D eigenvalue weighted by Gasteiger charge is 2.27. The topological polar surface area (TPSA) is 50.2 Å². The van der Waals surface area contributed by atoms with Crippen molar-refractivity contribution in [2.45, 2.75) is 39.7 Å². The Labute approximate surface area is 145 Å². The van der Waals surface area contributed by atoms with Crippen LogP contribution in [0.15, 0.2) is 0 Å². The second-order valence-electron chi connectivity index (χ2n) is 5.97. The lowest BCUT2D eigenvalue weighted by atomic mass is 9.98. The molecule has 0 radical (unpaired) electrons. The van der Waals surface area contributed by atoms with E-state index in [0.717, 1.165) is 37.3 Å². The molecule has 1 N–H and O–H groups in total. The number of carbonyl (C=O) groups excluding carboxylic acids is 1. The molecule has 1 aliphatic rings. The number of halogens is 2. The maximum absolute atomic E-state index is 12.5. The minimum absolute atomic E-state index is 0. The average molecular weight is 351 g/mol. The Balaban J connectivity index is 0.00000220. The summed E-state index contributed by atoms with van der Waals surface area (Å²) >= 11 is 0. The summed E-state index contributed by atoms with van der Waals surface area (Å²) in [7, 11) is 3.88. The van der Waals surface area contributed by atoms with Crippen molar-refractivity contribution in [3.05, 3.63) is 17.0 Å². The van der Waals surface area contributed by atoms with Crippen molar-refractivity contribution in [2.24, 2.45) is 13.0 Å². The van der Waals surface area contributed by atoms with Crippen molar-refractivity contribution in [1.29, 1.82) is 0 Å². The number of hydrogen-bond acceptors (Lipinski definition) is 3. The second kappa shape index (κ2) is 8.75. The number of hydrogen-bond donors (Lipinski definition) is 1. The highest BCUT2D eigenvalue weighted by atomic mass is 35.5. The molecule has 1 amide bonds. The molecule has 1 aromatic heterocycles. The minimum Gasteiger partial charge on any atom is -0.341 e. The Morgan fingerprint density at radius 1 is 1.45 bits per heavy atom. The minimum atomic E-state index is 0. The van der Waals surface area contributed by atoms with Crippen LogP contribution in [0.25, 0.3) is 0 Å². The molecule has 128 valence electrons. The fraction of sp³-hybridized carbons (Fsp3) is 0.733. The predicted molar refractivity (Wildman–Crippen MR) is 94.1 cm³/mol. The third-order valence-corrected chi connectivity index (χ3v) is 4.52. The quantitative estimate of drug-likeness (QED) is 0.901. The summed E-state index contributed by atoms with van der Waals surface area (Å²) in [5.74, 6) is 0.239. The first-order valence-electron chi connectivity index (χ1n) is 7.38. The fourth-order valence-corrected chi connectivity index (χ4v) is 3.00. The number of nitrogens with zero attached hydrogens (tertiary/aromatic N) is 3. The number of likely N-dealkylation sites (N-methyl/N-ethyl adjacent to an activating group) is 1. The third-order valence-electron chi connectivity index (χ3n) is 4.52. The van der Waals surface area contributed by atoms with E-state index in [4.69, 9.17) is 0 Å². The number of carbonyl (C=O) groups is 1.